The fourth-order valence-corrected chi connectivity index (χ4v) is 4.10. The van der Waals surface area contributed by atoms with Crippen LogP contribution in [-0.2, 0) is 23.8 Å². The molecule has 0 saturated carbocycles. The van der Waals surface area contributed by atoms with E-state index in [-0.39, 0.29) is 24.9 Å². The molecule has 0 fully saturated rings. The van der Waals surface area contributed by atoms with Gasteiger partial charge in [-0.15, -0.1) is 0 Å². The zero-order valence-electron chi connectivity index (χ0n) is 11.5. The van der Waals surface area contributed by atoms with E-state index in [1.807, 2.05) is 26.0 Å². The standard InChI is InChI=1S/C13H19BrO5S/c1-3-17-13(7-14)19-10-4-5-11-9(2)8-18-20(15,16)12(11)6-10/h4-5,9-10,13H,3,6-8H2,1-2H3/t9-,10-,13?/m0/s1. The first-order chi connectivity index (χ1) is 9.47. The SMILES string of the molecule is CCOC(CBr)O[C@H]1C=CC2=C(C1)S(=O)(=O)OC[C@@H]2C. The first-order valence-corrected chi connectivity index (χ1v) is 9.14. The molecule has 3 atom stereocenters. The quantitative estimate of drug-likeness (QED) is 0.424. The highest BCUT2D eigenvalue weighted by molar-refractivity contribution is 9.09. The molecule has 0 saturated heterocycles. The van der Waals surface area contributed by atoms with Crippen LogP contribution in [0.3, 0.4) is 0 Å². The van der Waals surface area contributed by atoms with E-state index in [1.165, 1.54) is 0 Å². The van der Waals surface area contributed by atoms with Gasteiger partial charge in [0.1, 0.15) is 0 Å². The van der Waals surface area contributed by atoms with Crippen molar-refractivity contribution < 1.29 is 22.1 Å². The Balaban J connectivity index is 2.13. The fraction of sp³-hybridized carbons (Fsp3) is 0.692. The van der Waals surface area contributed by atoms with Gasteiger partial charge in [-0.05, 0) is 12.5 Å². The van der Waals surface area contributed by atoms with Crippen LogP contribution < -0.4 is 0 Å². The normalized spacial score (nSPS) is 30.1. The average molecular weight is 367 g/mol. The van der Waals surface area contributed by atoms with Crippen molar-refractivity contribution >= 4 is 26.0 Å². The van der Waals surface area contributed by atoms with Crippen LogP contribution in [0, 0.1) is 5.92 Å². The molecule has 0 aromatic rings. The lowest BCUT2D eigenvalue weighted by Crippen LogP contribution is -2.31. The third-order valence-corrected chi connectivity index (χ3v) is 5.29. The number of halogens is 1. The molecule has 5 nitrogen and oxygen atoms in total. The highest BCUT2D eigenvalue weighted by Crippen LogP contribution is 2.35. The number of allylic oxidation sites excluding steroid dienone is 1. The van der Waals surface area contributed by atoms with Gasteiger partial charge >= 0.3 is 0 Å². The smallest absolute Gasteiger partial charge is 0.293 e. The van der Waals surface area contributed by atoms with E-state index in [0.29, 0.717) is 23.3 Å². The average Bonchev–Trinajstić information content (AvgIpc) is 2.43. The summed E-state index contributed by atoms with van der Waals surface area (Å²) in [6.07, 6.45) is 3.33. The Morgan fingerprint density at radius 3 is 2.95 bits per heavy atom. The Labute approximate surface area is 128 Å². The molecular weight excluding hydrogens is 348 g/mol. The first-order valence-electron chi connectivity index (χ1n) is 6.61. The van der Waals surface area contributed by atoms with Crippen molar-refractivity contribution in [3.05, 3.63) is 22.6 Å². The predicted molar refractivity (Wildman–Crippen MR) is 78.9 cm³/mol. The summed E-state index contributed by atoms with van der Waals surface area (Å²) < 4.78 is 40.1. The Hall–Kier alpha value is -0.210. The van der Waals surface area contributed by atoms with Crippen molar-refractivity contribution in [1.29, 1.82) is 0 Å². The second kappa shape index (κ2) is 6.70. The fourth-order valence-electron chi connectivity index (χ4n) is 2.31. The van der Waals surface area contributed by atoms with Crippen LogP contribution in [-0.4, -0.2) is 39.4 Å². The minimum Gasteiger partial charge on any atom is -0.352 e. The molecule has 0 aromatic heterocycles. The molecule has 0 amide bonds. The first kappa shape index (κ1) is 16.2. The van der Waals surface area contributed by atoms with Gasteiger partial charge in [0.2, 0.25) is 0 Å². The molecule has 20 heavy (non-hydrogen) atoms. The lowest BCUT2D eigenvalue weighted by atomic mass is 9.95. The molecular formula is C13H19BrO5S. The van der Waals surface area contributed by atoms with Crippen molar-refractivity contribution in [2.75, 3.05) is 18.5 Å². The molecule has 114 valence electrons. The molecule has 0 N–H and O–H groups in total. The van der Waals surface area contributed by atoms with Crippen molar-refractivity contribution in [2.45, 2.75) is 32.7 Å². The van der Waals surface area contributed by atoms with Crippen molar-refractivity contribution in [3.63, 3.8) is 0 Å². The van der Waals surface area contributed by atoms with E-state index >= 15 is 0 Å². The summed E-state index contributed by atoms with van der Waals surface area (Å²) in [5, 5.41) is 0.538. The van der Waals surface area contributed by atoms with Gasteiger partial charge in [-0.3, -0.25) is 4.18 Å². The molecule has 0 radical (unpaired) electrons. The van der Waals surface area contributed by atoms with Gasteiger partial charge < -0.3 is 9.47 Å². The van der Waals surface area contributed by atoms with Crippen LogP contribution in [0.2, 0.25) is 0 Å². The molecule has 0 aromatic carbocycles. The lowest BCUT2D eigenvalue weighted by Gasteiger charge is -2.30. The van der Waals surface area contributed by atoms with Gasteiger partial charge in [-0.25, -0.2) is 0 Å². The Kier molecular flexibility index (Phi) is 5.42. The zero-order chi connectivity index (χ0) is 14.8. The van der Waals surface area contributed by atoms with Crippen LogP contribution in [0.4, 0.5) is 0 Å². The minimum absolute atomic E-state index is 0.0876. The third-order valence-electron chi connectivity index (χ3n) is 3.31. The summed E-state index contributed by atoms with van der Waals surface area (Å²) in [6, 6.07) is 0. The topological polar surface area (TPSA) is 61.8 Å². The van der Waals surface area contributed by atoms with Gasteiger partial charge in [0.05, 0.1) is 22.9 Å². The summed E-state index contributed by atoms with van der Waals surface area (Å²) in [7, 11) is -3.61. The van der Waals surface area contributed by atoms with Gasteiger partial charge in [0, 0.05) is 18.9 Å². The highest BCUT2D eigenvalue weighted by Gasteiger charge is 2.35. The van der Waals surface area contributed by atoms with E-state index in [0.717, 1.165) is 5.57 Å². The Morgan fingerprint density at radius 2 is 2.30 bits per heavy atom. The van der Waals surface area contributed by atoms with E-state index in [9.17, 15) is 8.42 Å². The van der Waals surface area contributed by atoms with Crippen molar-refractivity contribution in [3.8, 4) is 0 Å². The van der Waals surface area contributed by atoms with Crippen molar-refractivity contribution in [2.24, 2.45) is 5.92 Å². The summed E-state index contributed by atoms with van der Waals surface area (Å²) in [6.45, 7) is 4.59. The second-order valence-electron chi connectivity index (χ2n) is 4.80. The number of hydrogen-bond donors (Lipinski definition) is 0. The molecule has 1 heterocycles. The molecule has 2 aliphatic rings. The maximum Gasteiger partial charge on any atom is 0.293 e. The minimum atomic E-state index is -3.61. The maximum absolute atomic E-state index is 12.0. The van der Waals surface area contributed by atoms with E-state index in [4.69, 9.17) is 13.7 Å². The summed E-state index contributed by atoms with van der Waals surface area (Å²) >= 11 is 3.32. The summed E-state index contributed by atoms with van der Waals surface area (Å²) in [5.74, 6) is 0.0876. The highest BCUT2D eigenvalue weighted by atomic mass is 79.9. The summed E-state index contributed by atoms with van der Waals surface area (Å²) in [4.78, 5) is 0.341. The van der Waals surface area contributed by atoms with Crippen LogP contribution >= 0.6 is 15.9 Å². The Bertz CT molecular complexity index is 511. The van der Waals surface area contributed by atoms with Crippen LogP contribution in [0.5, 0.6) is 0 Å². The van der Waals surface area contributed by atoms with E-state index in [2.05, 4.69) is 15.9 Å². The monoisotopic (exact) mass is 366 g/mol. The maximum atomic E-state index is 12.0. The Morgan fingerprint density at radius 1 is 1.55 bits per heavy atom. The zero-order valence-corrected chi connectivity index (χ0v) is 13.9. The van der Waals surface area contributed by atoms with Gasteiger partial charge in [-0.1, -0.05) is 35.0 Å². The number of hydrogen-bond acceptors (Lipinski definition) is 5. The van der Waals surface area contributed by atoms with Crippen molar-refractivity contribution in [1.82, 2.24) is 0 Å². The molecule has 1 aliphatic carbocycles. The summed E-state index contributed by atoms with van der Waals surface area (Å²) in [5.41, 5.74) is 0.836. The van der Waals surface area contributed by atoms with Crippen LogP contribution in [0.15, 0.2) is 22.6 Å². The molecule has 2 rings (SSSR count). The van der Waals surface area contributed by atoms with E-state index in [1.54, 1.807) is 0 Å². The molecule has 1 aliphatic heterocycles. The number of ether oxygens (including phenoxy) is 2. The largest absolute Gasteiger partial charge is 0.352 e. The van der Waals surface area contributed by atoms with E-state index < -0.39 is 10.1 Å². The molecule has 0 spiro atoms. The second-order valence-corrected chi connectivity index (χ2v) is 7.08. The van der Waals surface area contributed by atoms with Gasteiger partial charge in [0.15, 0.2) is 6.29 Å². The molecule has 7 heteroatoms. The van der Waals surface area contributed by atoms with Gasteiger partial charge in [0.25, 0.3) is 10.1 Å². The third kappa shape index (κ3) is 3.51. The van der Waals surface area contributed by atoms with Crippen LogP contribution in [0.1, 0.15) is 20.3 Å². The predicted octanol–water partition coefficient (Wildman–Crippen LogP) is 2.34. The number of alkyl halides is 1. The van der Waals surface area contributed by atoms with Gasteiger partial charge in [-0.2, -0.15) is 8.42 Å². The number of rotatable bonds is 5. The lowest BCUT2D eigenvalue weighted by molar-refractivity contribution is -0.141. The molecule has 0 bridgehead atoms. The molecule has 1 unspecified atom stereocenters. The van der Waals surface area contributed by atoms with Crippen LogP contribution in [0.25, 0.3) is 0 Å².